The Hall–Kier alpha value is -3.39. The zero-order valence-corrected chi connectivity index (χ0v) is 17.3. The molecule has 0 N–H and O–H groups in total. The number of hydrogen-bond donors (Lipinski definition) is 0. The van der Waals surface area contributed by atoms with Crippen LogP contribution < -0.4 is 9.47 Å². The number of likely N-dealkylation sites (N-methyl/N-ethyl adjacent to an activating group) is 1. The van der Waals surface area contributed by atoms with Gasteiger partial charge in [-0.2, -0.15) is 4.98 Å². The van der Waals surface area contributed by atoms with E-state index in [-0.39, 0.29) is 5.91 Å². The second-order valence-electron chi connectivity index (χ2n) is 7.13. The van der Waals surface area contributed by atoms with Crippen molar-refractivity contribution in [3.05, 3.63) is 48.0 Å². The fraction of sp³-hybridized carbons (Fsp3) is 0.318. The van der Waals surface area contributed by atoms with Crippen LogP contribution in [0.4, 0.5) is 0 Å². The summed E-state index contributed by atoms with van der Waals surface area (Å²) in [5.41, 5.74) is 1.91. The maximum absolute atomic E-state index is 13.1. The van der Waals surface area contributed by atoms with Crippen LogP contribution in [0.25, 0.3) is 22.8 Å². The third kappa shape index (κ3) is 3.86. The van der Waals surface area contributed by atoms with E-state index >= 15 is 0 Å². The standard InChI is InChI=1S/C22H24N4O4/c1-25-10-12-26(13-11-25)22(27)17-7-5-4-6-16(17)21-23-20(24-30-21)15-8-9-18(28-2)19(14-15)29-3/h4-9,14H,10-13H2,1-3H3. The molecule has 8 nitrogen and oxygen atoms in total. The van der Waals surface area contributed by atoms with E-state index in [4.69, 9.17) is 14.0 Å². The van der Waals surface area contributed by atoms with Gasteiger partial charge in [0.25, 0.3) is 11.8 Å². The van der Waals surface area contributed by atoms with Gasteiger partial charge in [-0.15, -0.1) is 0 Å². The number of rotatable bonds is 5. The summed E-state index contributed by atoms with van der Waals surface area (Å²) in [6.07, 6.45) is 0. The van der Waals surface area contributed by atoms with Gasteiger partial charge in [-0.1, -0.05) is 17.3 Å². The summed E-state index contributed by atoms with van der Waals surface area (Å²) in [5, 5.41) is 4.10. The molecule has 30 heavy (non-hydrogen) atoms. The predicted molar refractivity (Wildman–Crippen MR) is 112 cm³/mol. The second-order valence-corrected chi connectivity index (χ2v) is 7.13. The highest BCUT2D eigenvalue weighted by atomic mass is 16.5. The van der Waals surface area contributed by atoms with E-state index in [2.05, 4.69) is 22.1 Å². The van der Waals surface area contributed by atoms with E-state index in [1.54, 1.807) is 32.4 Å². The molecule has 0 atom stereocenters. The minimum absolute atomic E-state index is 0.0235. The van der Waals surface area contributed by atoms with Crippen LogP contribution in [0.1, 0.15) is 10.4 Å². The first-order chi connectivity index (χ1) is 14.6. The lowest BCUT2D eigenvalue weighted by Gasteiger charge is -2.32. The van der Waals surface area contributed by atoms with Gasteiger partial charge in [0.2, 0.25) is 5.82 Å². The van der Waals surface area contributed by atoms with Crippen molar-refractivity contribution >= 4 is 5.91 Å². The van der Waals surface area contributed by atoms with Crippen molar-refractivity contribution < 1.29 is 18.8 Å². The molecule has 1 amide bonds. The Morgan fingerprint density at radius 1 is 1.00 bits per heavy atom. The van der Waals surface area contributed by atoms with Crippen molar-refractivity contribution in [2.24, 2.45) is 0 Å². The average Bonchev–Trinajstić information content (AvgIpc) is 3.29. The van der Waals surface area contributed by atoms with Crippen molar-refractivity contribution in [2.45, 2.75) is 0 Å². The molecule has 156 valence electrons. The average molecular weight is 408 g/mol. The van der Waals surface area contributed by atoms with Gasteiger partial charge in [0.1, 0.15) is 0 Å². The first-order valence-electron chi connectivity index (χ1n) is 9.74. The van der Waals surface area contributed by atoms with Crippen molar-refractivity contribution in [1.29, 1.82) is 0 Å². The molecular weight excluding hydrogens is 384 g/mol. The number of ether oxygens (including phenoxy) is 2. The Morgan fingerprint density at radius 2 is 1.73 bits per heavy atom. The fourth-order valence-electron chi connectivity index (χ4n) is 3.46. The number of carbonyl (C=O) groups is 1. The van der Waals surface area contributed by atoms with E-state index in [9.17, 15) is 4.79 Å². The lowest BCUT2D eigenvalue weighted by Crippen LogP contribution is -2.47. The Morgan fingerprint density at radius 3 is 2.47 bits per heavy atom. The normalized spacial score (nSPS) is 14.6. The second kappa shape index (κ2) is 8.54. The number of carbonyl (C=O) groups excluding carboxylic acids is 1. The van der Waals surface area contributed by atoms with Gasteiger partial charge in [0, 0.05) is 31.7 Å². The third-order valence-electron chi connectivity index (χ3n) is 5.25. The molecule has 0 spiro atoms. The first kappa shape index (κ1) is 19.9. The van der Waals surface area contributed by atoms with E-state index in [0.717, 1.165) is 18.7 Å². The number of amides is 1. The number of piperazine rings is 1. The quantitative estimate of drug-likeness (QED) is 0.642. The summed E-state index contributed by atoms with van der Waals surface area (Å²) in [7, 11) is 5.21. The Balaban J connectivity index is 1.64. The number of hydrogen-bond acceptors (Lipinski definition) is 7. The van der Waals surface area contributed by atoms with Gasteiger partial charge in [-0.3, -0.25) is 4.79 Å². The molecule has 4 rings (SSSR count). The molecule has 8 heteroatoms. The minimum atomic E-state index is -0.0235. The summed E-state index contributed by atoms with van der Waals surface area (Å²) in [4.78, 5) is 21.7. The van der Waals surface area contributed by atoms with Crippen LogP contribution in [0, 0.1) is 0 Å². The zero-order chi connectivity index (χ0) is 21.1. The van der Waals surface area contributed by atoms with Crippen LogP contribution in [0.3, 0.4) is 0 Å². The SMILES string of the molecule is COc1ccc(-c2noc(-c3ccccc3C(=O)N3CCN(C)CC3)n2)cc1OC. The van der Waals surface area contributed by atoms with Gasteiger partial charge in [0.05, 0.1) is 25.3 Å². The summed E-state index contributed by atoms with van der Waals surface area (Å²) in [5.74, 6) is 1.88. The molecular formula is C22H24N4O4. The Bertz CT molecular complexity index is 1040. The van der Waals surface area contributed by atoms with Crippen LogP contribution in [-0.2, 0) is 0 Å². The van der Waals surface area contributed by atoms with Crippen LogP contribution in [0.2, 0.25) is 0 Å². The van der Waals surface area contributed by atoms with Gasteiger partial charge < -0.3 is 23.8 Å². The van der Waals surface area contributed by atoms with E-state index in [1.807, 2.05) is 29.2 Å². The van der Waals surface area contributed by atoms with Crippen LogP contribution in [0.5, 0.6) is 11.5 Å². The first-order valence-corrected chi connectivity index (χ1v) is 9.74. The number of benzene rings is 2. The summed E-state index contributed by atoms with van der Waals surface area (Å²) >= 11 is 0. The highest BCUT2D eigenvalue weighted by Gasteiger charge is 2.24. The molecule has 3 aromatic rings. The molecule has 0 aliphatic carbocycles. The van der Waals surface area contributed by atoms with Gasteiger partial charge in [-0.25, -0.2) is 0 Å². The maximum atomic E-state index is 13.1. The zero-order valence-electron chi connectivity index (χ0n) is 17.3. The van der Waals surface area contributed by atoms with E-state index < -0.39 is 0 Å². The third-order valence-corrected chi connectivity index (χ3v) is 5.25. The molecule has 0 unspecified atom stereocenters. The molecule has 0 bridgehead atoms. The van der Waals surface area contributed by atoms with Gasteiger partial charge in [0.15, 0.2) is 11.5 Å². The number of nitrogens with zero attached hydrogens (tertiary/aromatic N) is 4. The van der Waals surface area contributed by atoms with E-state index in [0.29, 0.717) is 47.4 Å². The number of methoxy groups -OCH3 is 2. The van der Waals surface area contributed by atoms with Crippen LogP contribution in [0.15, 0.2) is 47.0 Å². The van der Waals surface area contributed by atoms with Gasteiger partial charge in [-0.05, 0) is 37.4 Å². The lowest BCUT2D eigenvalue weighted by atomic mass is 10.1. The van der Waals surface area contributed by atoms with E-state index in [1.165, 1.54) is 0 Å². The lowest BCUT2D eigenvalue weighted by molar-refractivity contribution is 0.0664. The molecule has 1 aromatic heterocycles. The minimum Gasteiger partial charge on any atom is -0.493 e. The monoisotopic (exact) mass is 408 g/mol. The molecule has 1 aliphatic heterocycles. The topological polar surface area (TPSA) is 80.9 Å². The fourth-order valence-corrected chi connectivity index (χ4v) is 3.46. The smallest absolute Gasteiger partial charge is 0.259 e. The van der Waals surface area contributed by atoms with Crippen molar-refractivity contribution in [1.82, 2.24) is 19.9 Å². The van der Waals surface area contributed by atoms with Gasteiger partial charge >= 0.3 is 0 Å². The number of aromatic nitrogens is 2. The molecule has 0 saturated carbocycles. The summed E-state index contributed by atoms with van der Waals surface area (Å²) < 4.78 is 16.1. The van der Waals surface area contributed by atoms with Crippen molar-refractivity contribution in [2.75, 3.05) is 47.4 Å². The molecule has 0 radical (unpaired) electrons. The highest BCUT2D eigenvalue weighted by molar-refractivity contribution is 6.00. The van der Waals surface area contributed by atoms with Crippen LogP contribution in [-0.4, -0.2) is 73.3 Å². The molecule has 1 fully saturated rings. The molecule has 2 aromatic carbocycles. The molecule has 1 saturated heterocycles. The largest absolute Gasteiger partial charge is 0.493 e. The summed E-state index contributed by atoms with van der Waals surface area (Å²) in [6, 6.07) is 12.7. The van der Waals surface area contributed by atoms with Crippen LogP contribution >= 0.6 is 0 Å². The van der Waals surface area contributed by atoms with Crippen molar-refractivity contribution in [3.8, 4) is 34.3 Å². The highest BCUT2D eigenvalue weighted by Crippen LogP contribution is 2.32. The maximum Gasteiger partial charge on any atom is 0.259 e. The molecule has 2 heterocycles. The van der Waals surface area contributed by atoms with Crippen molar-refractivity contribution in [3.63, 3.8) is 0 Å². The Labute approximate surface area is 175 Å². The summed E-state index contributed by atoms with van der Waals surface area (Å²) in [6.45, 7) is 3.12. The molecule has 1 aliphatic rings. The predicted octanol–water partition coefficient (Wildman–Crippen LogP) is 2.81. The Kier molecular flexibility index (Phi) is 5.67.